The topological polar surface area (TPSA) is 77.2 Å². The lowest BCUT2D eigenvalue weighted by molar-refractivity contribution is 0.0954. The zero-order chi connectivity index (χ0) is 16.8. The van der Waals surface area contributed by atoms with E-state index in [9.17, 15) is 4.79 Å². The zero-order valence-corrected chi connectivity index (χ0v) is 13.2. The molecule has 3 aromatic rings. The normalized spacial score (nSPS) is 10.4. The van der Waals surface area contributed by atoms with Crippen molar-refractivity contribution in [2.24, 2.45) is 0 Å². The molecular formula is C18H17N3O3. The molecule has 6 heteroatoms. The predicted molar refractivity (Wildman–Crippen MR) is 88.8 cm³/mol. The van der Waals surface area contributed by atoms with Crippen LogP contribution in [0.5, 0.6) is 5.88 Å². The highest BCUT2D eigenvalue weighted by atomic mass is 16.5. The Labute approximate surface area is 139 Å². The summed E-state index contributed by atoms with van der Waals surface area (Å²) in [5.41, 5.74) is 2.34. The third-order valence-electron chi connectivity index (χ3n) is 3.52. The first-order valence-corrected chi connectivity index (χ1v) is 7.53. The number of carbonyl (C=O) groups is 1. The Morgan fingerprint density at radius 2 is 2.04 bits per heavy atom. The van der Waals surface area contributed by atoms with Crippen LogP contribution in [0.4, 0.5) is 0 Å². The van der Waals surface area contributed by atoms with Crippen LogP contribution in [-0.2, 0) is 6.42 Å². The summed E-state index contributed by atoms with van der Waals surface area (Å²) in [7, 11) is 1.58. The molecule has 0 unspecified atom stereocenters. The smallest absolute Gasteiger partial charge is 0.251 e. The molecule has 122 valence electrons. The van der Waals surface area contributed by atoms with Crippen LogP contribution >= 0.6 is 0 Å². The summed E-state index contributed by atoms with van der Waals surface area (Å²) in [5, 5.41) is 2.88. The molecule has 1 aromatic carbocycles. The molecule has 2 heterocycles. The zero-order valence-electron chi connectivity index (χ0n) is 13.2. The van der Waals surface area contributed by atoms with E-state index in [0.29, 0.717) is 30.2 Å². The minimum atomic E-state index is -0.123. The Morgan fingerprint density at radius 3 is 2.75 bits per heavy atom. The second-order valence-electron chi connectivity index (χ2n) is 5.12. The summed E-state index contributed by atoms with van der Waals surface area (Å²) in [6, 6.07) is 12.8. The number of nitrogens with one attached hydrogen (secondary N) is 1. The lowest BCUT2D eigenvalue weighted by Gasteiger charge is -2.06. The van der Waals surface area contributed by atoms with Crippen molar-refractivity contribution in [3.05, 3.63) is 66.3 Å². The number of rotatable bonds is 6. The number of carbonyl (C=O) groups excluding carboxylic acids is 1. The maximum absolute atomic E-state index is 12.2. The third-order valence-corrected chi connectivity index (χ3v) is 3.52. The average molecular weight is 323 g/mol. The number of pyridine rings is 1. The van der Waals surface area contributed by atoms with Gasteiger partial charge in [-0.1, -0.05) is 18.2 Å². The lowest BCUT2D eigenvalue weighted by atomic mass is 10.1. The van der Waals surface area contributed by atoms with Gasteiger partial charge >= 0.3 is 0 Å². The van der Waals surface area contributed by atoms with Crippen molar-refractivity contribution in [3.8, 4) is 17.2 Å². The molecule has 0 saturated heterocycles. The highest BCUT2D eigenvalue weighted by Gasteiger charge is 2.07. The highest BCUT2D eigenvalue weighted by molar-refractivity contribution is 5.94. The Kier molecular flexibility index (Phi) is 4.86. The second kappa shape index (κ2) is 7.41. The summed E-state index contributed by atoms with van der Waals surface area (Å²) >= 11 is 0. The summed E-state index contributed by atoms with van der Waals surface area (Å²) in [6.45, 7) is 0.503. The maximum atomic E-state index is 12.2. The molecule has 0 aliphatic rings. The molecule has 0 bridgehead atoms. The number of oxazole rings is 1. The van der Waals surface area contributed by atoms with E-state index in [4.69, 9.17) is 9.15 Å². The molecular weight excluding hydrogens is 306 g/mol. The Hall–Kier alpha value is -3.15. The minimum absolute atomic E-state index is 0.123. The van der Waals surface area contributed by atoms with Gasteiger partial charge in [-0.15, -0.1) is 0 Å². The van der Waals surface area contributed by atoms with Crippen LogP contribution in [0.15, 0.2) is 59.5 Å². The highest BCUT2D eigenvalue weighted by Crippen LogP contribution is 2.18. The number of methoxy groups -OCH3 is 1. The van der Waals surface area contributed by atoms with Crippen molar-refractivity contribution >= 4 is 5.91 Å². The number of ether oxygens (including phenoxy) is 1. The predicted octanol–water partition coefficient (Wildman–Crippen LogP) is 2.72. The SMILES string of the molecule is COc1cccc(CCNC(=O)c2ccc(-c3cnco3)cc2)n1. The summed E-state index contributed by atoms with van der Waals surface area (Å²) in [4.78, 5) is 20.4. The fourth-order valence-corrected chi connectivity index (χ4v) is 2.26. The molecule has 0 atom stereocenters. The van der Waals surface area contributed by atoms with Gasteiger partial charge in [-0.25, -0.2) is 9.97 Å². The monoisotopic (exact) mass is 323 g/mol. The Morgan fingerprint density at radius 1 is 1.21 bits per heavy atom. The standard InChI is InChI=1S/C18H17N3O3/c1-23-17-4-2-3-15(21-17)9-10-20-18(22)14-7-5-13(6-8-14)16-11-19-12-24-16/h2-8,11-12H,9-10H2,1H3,(H,20,22). The average Bonchev–Trinajstić information content (AvgIpc) is 3.16. The number of benzene rings is 1. The molecule has 0 fully saturated rings. The quantitative estimate of drug-likeness (QED) is 0.755. The van der Waals surface area contributed by atoms with Gasteiger partial charge in [0.15, 0.2) is 12.2 Å². The molecule has 0 saturated carbocycles. The molecule has 3 rings (SSSR count). The molecule has 1 N–H and O–H groups in total. The summed E-state index contributed by atoms with van der Waals surface area (Å²) < 4.78 is 10.3. The van der Waals surface area contributed by atoms with E-state index in [2.05, 4.69) is 15.3 Å². The van der Waals surface area contributed by atoms with E-state index in [1.807, 2.05) is 24.3 Å². The first-order chi connectivity index (χ1) is 11.8. The molecule has 24 heavy (non-hydrogen) atoms. The number of hydrogen-bond acceptors (Lipinski definition) is 5. The van der Waals surface area contributed by atoms with Gasteiger partial charge in [-0.05, 0) is 18.2 Å². The third kappa shape index (κ3) is 3.78. The van der Waals surface area contributed by atoms with Gasteiger partial charge in [0.25, 0.3) is 5.91 Å². The molecule has 0 aliphatic carbocycles. The molecule has 0 radical (unpaired) electrons. The van der Waals surface area contributed by atoms with Gasteiger partial charge in [-0.3, -0.25) is 4.79 Å². The minimum Gasteiger partial charge on any atom is -0.481 e. The van der Waals surface area contributed by atoms with Crippen LogP contribution in [0.2, 0.25) is 0 Å². The van der Waals surface area contributed by atoms with E-state index in [-0.39, 0.29) is 5.91 Å². The van der Waals surface area contributed by atoms with Gasteiger partial charge in [0, 0.05) is 35.9 Å². The van der Waals surface area contributed by atoms with Gasteiger partial charge in [0.1, 0.15) is 0 Å². The van der Waals surface area contributed by atoms with Gasteiger partial charge in [0.2, 0.25) is 5.88 Å². The van der Waals surface area contributed by atoms with Crippen LogP contribution in [0.1, 0.15) is 16.1 Å². The molecule has 6 nitrogen and oxygen atoms in total. The molecule has 1 amide bonds. The van der Waals surface area contributed by atoms with E-state index in [0.717, 1.165) is 11.3 Å². The Balaban J connectivity index is 1.55. The molecule has 0 aliphatic heterocycles. The number of amides is 1. The fourth-order valence-electron chi connectivity index (χ4n) is 2.26. The molecule has 0 spiro atoms. The van der Waals surface area contributed by atoms with E-state index in [1.165, 1.54) is 6.39 Å². The van der Waals surface area contributed by atoms with Crippen LogP contribution < -0.4 is 10.1 Å². The van der Waals surface area contributed by atoms with E-state index >= 15 is 0 Å². The van der Waals surface area contributed by atoms with Crippen molar-refractivity contribution in [1.82, 2.24) is 15.3 Å². The largest absolute Gasteiger partial charge is 0.481 e. The van der Waals surface area contributed by atoms with Crippen LogP contribution in [-0.4, -0.2) is 29.5 Å². The fraction of sp³-hybridized carbons (Fsp3) is 0.167. The maximum Gasteiger partial charge on any atom is 0.251 e. The van der Waals surface area contributed by atoms with Crippen molar-refractivity contribution in [3.63, 3.8) is 0 Å². The number of hydrogen-bond donors (Lipinski definition) is 1. The van der Waals surface area contributed by atoms with Crippen LogP contribution in [0.25, 0.3) is 11.3 Å². The van der Waals surface area contributed by atoms with E-state index in [1.54, 1.807) is 31.5 Å². The van der Waals surface area contributed by atoms with Crippen LogP contribution in [0.3, 0.4) is 0 Å². The van der Waals surface area contributed by atoms with Crippen molar-refractivity contribution in [2.75, 3.05) is 13.7 Å². The van der Waals surface area contributed by atoms with Gasteiger partial charge < -0.3 is 14.5 Å². The van der Waals surface area contributed by atoms with Crippen molar-refractivity contribution in [1.29, 1.82) is 0 Å². The summed E-state index contributed by atoms with van der Waals surface area (Å²) in [5.74, 6) is 1.12. The lowest BCUT2D eigenvalue weighted by Crippen LogP contribution is -2.25. The van der Waals surface area contributed by atoms with Crippen LogP contribution in [0, 0.1) is 0 Å². The van der Waals surface area contributed by atoms with Gasteiger partial charge in [0.05, 0.1) is 13.3 Å². The summed E-state index contributed by atoms with van der Waals surface area (Å²) in [6.07, 6.45) is 3.65. The second-order valence-corrected chi connectivity index (χ2v) is 5.12. The first kappa shape index (κ1) is 15.7. The van der Waals surface area contributed by atoms with Gasteiger partial charge in [-0.2, -0.15) is 0 Å². The number of aromatic nitrogens is 2. The van der Waals surface area contributed by atoms with Crippen molar-refractivity contribution in [2.45, 2.75) is 6.42 Å². The molecule has 2 aromatic heterocycles. The number of nitrogens with zero attached hydrogens (tertiary/aromatic N) is 2. The Bertz CT molecular complexity index is 799. The first-order valence-electron chi connectivity index (χ1n) is 7.53. The van der Waals surface area contributed by atoms with Crippen molar-refractivity contribution < 1.29 is 13.9 Å². The van der Waals surface area contributed by atoms with E-state index < -0.39 is 0 Å².